The van der Waals surface area contributed by atoms with Crippen LogP contribution in [0.2, 0.25) is 0 Å². The number of carboxylic acid groups (broad SMARTS) is 1. The van der Waals surface area contributed by atoms with Crippen LogP contribution < -0.4 is 5.48 Å². The molecule has 0 aliphatic rings. The number of anilines is 1. The van der Waals surface area contributed by atoms with Crippen molar-refractivity contribution < 1.29 is 34.5 Å². The van der Waals surface area contributed by atoms with Crippen molar-refractivity contribution >= 4 is 21.9 Å². The van der Waals surface area contributed by atoms with Crippen LogP contribution in [0, 0.1) is 0 Å². The third kappa shape index (κ3) is 3.20. The Morgan fingerprint density at radius 1 is 1.12 bits per heavy atom. The Hall–Kier alpha value is -1.55. The highest BCUT2D eigenvalue weighted by Gasteiger charge is 2.65. The predicted molar refractivity (Wildman–Crippen MR) is 50.2 cm³/mol. The molecule has 17 heavy (non-hydrogen) atoms. The molecule has 0 aliphatic heterocycles. The highest BCUT2D eigenvalue weighted by atomic mass is 32.5. The van der Waals surface area contributed by atoms with Gasteiger partial charge < -0.3 is 5.11 Å². The summed E-state index contributed by atoms with van der Waals surface area (Å²) in [5.41, 5.74) is -0.628. The average Bonchev–Trinajstić information content (AvgIpc) is 2.13. The molecule has 10 heteroatoms. The average molecular weight is 279 g/mol. The lowest BCUT2D eigenvalue weighted by Gasteiger charge is -2.40. The van der Waals surface area contributed by atoms with Gasteiger partial charge in [0.2, 0.25) is 0 Å². The van der Waals surface area contributed by atoms with Crippen LogP contribution in [-0.4, -0.2) is 16.3 Å². The summed E-state index contributed by atoms with van der Waals surface area (Å²) in [5, 5.41) is 16.8. The van der Waals surface area contributed by atoms with Gasteiger partial charge >= 0.3 is 16.2 Å². The van der Waals surface area contributed by atoms with Gasteiger partial charge in [0.25, 0.3) is 0 Å². The van der Waals surface area contributed by atoms with E-state index in [9.17, 15) is 24.2 Å². The molecular formula is C7H6F5NO3S. The molecule has 1 aromatic carbocycles. The predicted octanol–water partition coefficient (Wildman–Crippen LogP) is 3.84. The summed E-state index contributed by atoms with van der Waals surface area (Å²) >= 11 is 0. The quantitative estimate of drug-likeness (QED) is 0.580. The molecule has 0 heterocycles. The Balaban J connectivity index is 3.58. The van der Waals surface area contributed by atoms with Crippen LogP contribution in [-0.2, 0) is 0 Å². The maximum atomic E-state index is 12.4. The van der Waals surface area contributed by atoms with E-state index in [1.807, 2.05) is 0 Å². The number of rotatable bonds is 3. The minimum atomic E-state index is -9.98. The molecule has 0 unspecified atom stereocenters. The summed E-state index contributed by atoms with van der Waals surface area (Å²) in [6.07, 6.45) is 0. The lowest BCUT2D eigenvalue weighted by Crippen LogP contribution is -2.09. The third-order valence-electron chi connectivity index (χ3n) is 1.73. The molecule has 0 atom stereocenters. The number of hydrogen-bond donors (Lipinski definition) is 3. The second-order valence-electron chi connectivity index (χ2n) is 3.13. The molecule has 0 aromatic heterocycles. The number of aromatic carboxylic acids is 1. The number of benzene rings is 1. The van der Waals surface area contributed by atoms with Gasteiger partial charge in [0.1, 0.15) is 4.90 Å². The van der Waals surface area contributed by atoms with Crippen molar-refractivity contribution in [3.8, 4) is 0 Å². The van der Waals surface area contributed by atoms with Gasteiger partial charge in [-0.3, -0.25) is 10.7 Å². The number of carboxylic acids is 1. The number of nitrogens with one attached hydrogen (secondary N) is 1. The van der Waals surface area contributed by atoms with Crippen LogP contribution in [0.25, 0.3) is 0 Å². The van der Waals surface area contributed by atoms with E-state index < -0.39 is 32.3 Å². The Morgan fingerprint density at radius 2 is 1.65 bits per heavy atom. The fourth-order valence-corrected chi connectivity index (χ4v) is 1.71. The monoisotopic (exact) mass is 279 g/mol. The normalized spacial score (nSPS) is 15.9. The highest BCUT2D eigenvalue weighted by molar-refractivity contribution is 8.45. The maximum absolute atomic E-state index is 12.4. The molecule has 4 nitrogen and oxygen atoms in total. The number of carbonyl (C=O) groups is 1. The molecule has 0 saturated heterocycles. The first-order valence-electron chi connectivity index (χ1n) is 3.86. The first-order chi connectivity index (χ1) is 7.33. The first-order valence-corrected chi connectivity index (χ1v) is 5.81. The standard InChI is InChI=1S/C7H6F5NO3S/c8-17(9,10,11,12)6-2-4(7(14)15)1-5(3-6)13-16/h1-3,13,16H,(H,14,15). The van der Waals surface area contributed by atoms with Crippen LogP contribution in [0.15, 0.2) is 23.1 Å². The summed E-state index contributed by atoms with van der Waals surface area (Å²) in [5.74, 6) is -1.83. The molecule has 98 valence electrons. The van der Waals surface area contributed by atoms with Crippen LogP contribution >= 0.6 is 10.2 Å². The molecular weight excluding hydrogens is 273 g/mol. The van der Waals surface area contributed by atoms with Crippen LogP contribution in [0.5, 0.6) is 0 Å². The van der Waals surface area contributed by atoms with Crippen molar-refractivity contribution in [3.63, 3.8) is 0 Å². The topological polar surface area (TPSA) is 69.6 Å². The lowest BCUT2D eigenvalue weighted by atomic mass is 10.2. The summed E-state index contributed by atoms with van der Waals surface area (Å²) < 4.78 is 62.0. The smallest absolute Gasteiger partial charge is 0.335 e. The molecule has 0 spiro atoms. The molecule has 3 N–H and O–H groups in total. The van der Waals surface area contributed by atoms with Crippen molar-refractivity contribution in [3.05, 3.63) is 23.8 Å². The minimum absolute atomic E-state index is 0.0754. The molecule has 0 fully saturated rings. The zero-order valence-corrected chi connectivity index (χ0v) is 8.65. The molecule has 0 aliphatic carbocycles. The second-order valence-corrected chi connectivity index (χ2v) is 5.54. The third-order valence-corrected chi connectivity index (χ3v) is 2.85. The van der Waals surface area contributed by atoms with E-state index in [-0.39, 0.29) is 12.1 Å². The first kappa shape index (κ1) is 13.5. The van der Waals surface area contributed by atoms with Gasteiger partial charge in [-0.15, -0.1) is 0 Å². The second kappa shape index (κ2) is 3.01. The largest absolute Gasteiger partial charge is 0.478 e. The summed E-state index contributed by atoms with van der Waals surface area (Å²) in [6.45, 7) is 0. The van der Waals surface area contributed by atoms with Gasteiger partial charge in [-0.2, -0.15) is 0 Å². The van der Waals surface area contributed by atoms with Gasteiger partial charge in [-0.1, -0.05) is 19.4 Å². The Bertz CT molecular complexity index is 485. The van der Waals surface area contributed by atoms with Gasteiger partial charge in [0.05, 0.1) is 11.3 Å². The summed E-state index contributed by atoms with van der Waals surface area (Å²) in [4.78, 5) is 8.06. The van der Waals surface area contributed by atoms with E-state index in [1.54, 1.807) is 0 Å². The minimum Gasteiger partial charge on any atom is -0.478 e. The summed E-state index contributed by atoms with van der Waals surface area (Å²) in [7, 11) is -9.98. The lowest BCUT2D eigenvalue weighted by molar-refractivity contribution is 0.0696. The van der Waals surface area contributed by atoms with E-state index in [4.69, 9.17) is 10.3 Å². The molecule has 0 radical (unpaired) electrons. The Kier molecular flexibility index (Phi) is 2.40. The zero-order chi connectivity index (χ0) is 13.5. The molecule has 0 amide bonds. The SMILES string of the molecule is O=C(O)c1cc(NO)cc(S(F)(F)(F)(F)F)c1. The molecule has 0 saturated carbocycles. The van der Waals surface area contributed by atoms with Crippen molar-refractivity contribution in [1.29, 1.82) is 0 Å². The van der Waals surface area contributed by atoms with Gasteiger partial charge in [-0.25, -0.2) is 4.79 Å². The van der Waals surface area contributed by atoms with E-state index in [1.165, 1.54) is 5.48 Å². The van der Waals surface area contributed by atoms with Gasteiger partial charge in [0.15, 0.2) is 0 Å². The fraction of sp³-hybridized carbons (Fsp3) is 0. The van der Waals surface area contributed by atoms with E-state index in [2.05, 4.69) is 0 Å². The van der Waals surface area contributed by atoms with E-state index >= 15 is 0 Å². The van der Waals surface area contributed by atoms with Crippen LogP contribution in [0.4, 0.5) is 25.1 Å². The zero-order valence-electron chi connectivity index (χ0n) is 7.83. The molecule has 0 bridgehead atoms. The fourth-order valence-electron chi connectivity index (χ4n) is 1.01. The van der Waals surface area contributed by atoms with Crippen molar-refractivity contribution in [2.75, 3.05) is 5.48 Å². The van der Waals surface area contributed by atoms with E-state index in [0.717, 1.165) is 0 Å². The Labute approximate surface area is 91.4 Å². The maximum Gasteiger partial charge on any atom is 0.335 e. The van der Waals surface area contributed by atoms with E-state index in [0.29, 0.717) is 6.07 Å². The van der Waals surface area contributed by atoms with Crippen molar-refractivity contribution in [1.82, 2.24) is 0 Å². The summed E-state index contributed by atoms with van der Waals surface area (Å²) in [6, 6.07) is 0.314. The Morgan fingerprint density at radius 3 is 2.00 bits per heavy atom. The molecule has 1 aromatic rings. The van der Waals surface area contributed by atoms with Crippen LogP contribution in [0.1, 0.15) is 10.4 Å². The van der Waals surface area contributed by atoms with Crippen molar-refractivity contribution in [2.24, 2.45) is 0 Å². The van der Waals surface area contributed by atoms with Gasteiger partial charge in [-0.05, 0) is 18.2 Å². The van der Waals surface area contributed by atoms with Crippen LogP contribution in [0.3, 0.4) is 0 Å². The number of hydrogen-bond acceptors (Lipinski definition) is 3. The van der Waals surface area contributed by atoms with Crippen molar-refractivity contribution in [2.45, 2.75) is 4.90 Å². The highest BCUT2D eigenvalue weighted by Crippen LogP contribution is 3.02. The molecule has 1 rings (SSSR count). The number of halogens is 5. The van der Waals surface area contributed by atoms with Gasteiger partial charge in [0, 0.05) is 0 Å².